The van der Waals surface area contributed by atoms with Gasteiger partial charge in [-0.2, -0.15) is 0 Å². The molecule has 7 rings (SSSR count). The van der Waals surface area contributed by atoms with Gasteiger partial charge in [0.25, 0.3) is 0 Å². The maximum Gasteiger partial charge on any atom is 0.191 e. The van der Waals surface area contributed by atoms with Crippen LogP contribution in [0.1, 0.15) is 33.5 Å². The normalized spacial score (nSPS) is 19.3. The molecule has 198 valence electrons. The smallest absolute Gasteiger partial charge is 0.191 e. The lowest BCUT2D eigenvalue weighted by Crippen LogP contribution is -2.42. The van der Waals surface area contributed by atoms with Crippen molar-refractivity contribution in [1.29, 1.82) is 0 Å². The summed E-state index contributed by atoms with van der Waals surface area (Å²) >= 11 is 0. The molecule has 2 unspecified atom stereocenters. The molecule has 0 radical (unpaired) electrons. The van der Waals surface area contributed by atoms with E-state index in [1.54, 1.807) is 0 Å². The Morgan fingerprint density at radius 2 is 1.07 bits per heavy atom. The summed E-state index contributed by atoms with van der Waals surface area (Å²) in [4.78, 5) is 31.8. The van der Waals surface area contributed by atoms with Gasteiger partial charge in [-0.05, 0) is 28.8 Å². The molecule has 2 atom stereocenters. The van der Waals surface area contributed by atoms with E-state index >= 15 is 0 Å². The topological polar surface area (TPSA) is 37.4 Å². The summed E-state index contributed by atoms with van der Waals surface area (Å²) in [5.41, 5.74) is 4.96. The van der Waals surface area contributed by atoms with Crippen LogP contribution in [0.25, 0.3) is 5.70 Å². The van der Waals surface area contributed by atoms with Crippen LogP contribution in [-0.2, 0) is 10.2 Å². The van der Waals surface area contributed by atoms with Gasteiger partial charge in [0.05, 0.1) is 11.1 Å². The molecule has 1 saturated carbocycles. The highest BCUT2D eigenvalue weighted by Crippen LogP contribution is 2.59. The van der Waals surface area contributed by atoms with E-state index in [0.29, 0.717) is 17.6 Å². The number of ketones is 2. The van der Waals surface area contributed by atoms with Gasteiger partial charge in [-0.15, -0.1) is 0 Å². The van der Waals surface area contributed by atoms with Crippen molar-refractivity contribution in [3.63, 3.8) is 0 Å². The minimum Gasteiger partial charge on any atom is -0.336 e. The maximum atomic E-state index is 14.8. The number of carbonyl (C=O) groups excluding carboxylic acids is 2. The summed E-state index contributed by atoms with van der Waals surface area (Å²) in [5, 5.41) is 0. The summed E-state index contributed by atoms with van der Waals surface area (Å²) in [6.45, 7) is 0. The lowest BCUT2D eigenvalue weighted by molar-refractivity contribution is -0.121. The molecule has 0 saturated heterocycles. The fourth-order valence-corrected chi connectivity index (χ4v) is 7.07. The minimum absolute atomic E-state index is 0.0381. The predicted molar refractivity (Wildman–Crippen MR) is 164 cm³/mol. The lowest BCUT2D eigenvalue weighted by Gasteiger charge is -2.36. The fourth-order valence-electron chi connectivity index (χ4n) is 7.07. The van der Waals surface area contributed by atoms with E-state index in [-0.39, 0.29) is 17.6 Å². The zero-order valence-corrected chi connectivity index (χ0v) is 22.6. The molecular formula is C38H29NO2. The molecule has 0 spiro atoms. The summed E-state index contributed by atoms with van der Waals surface area (Å²) < 4.78 is 0. The molecule has 1 fully saturated rings. The van der Waals surface area contributed by atoms with Gasteiger partial charge < -0.3 is 4.90 Å². The molecule has 1 aliphatic heterocycles. The zero-order valence-electron chi connectivity index (χ0n) is 22.6. The van der Waals surface area contributed by atoms with E-state index in [4.69, 9.17) is 0 Å². The number of hydrogen-bond donors (Lipinski definition) is 0. The van der Waals surface area contributed by atoms with Crippen LogP contribution in [0.2, 0.25) is 0 Å². The molecule has 0 amide bonds. The van der Waals surface area contributed by atoms with Gasteiger partial charge in [0.2, 0.25) is 0 Å². The largest absolute Gasteiger partial charge is 0.336 e. The maximum absolute atomic E-state index is 14.8. The molecule has 3 heteroatoms. The van der Waals surface area contributed by atoms with Crippen molar-refractivity contribution < 1.29 is 9.59 Å². The minimum atomic E-state index is -1.02. The van der Waals surface area contributed by atoms with E-state index in [0.717, 1.165) is 28.1 Å². The van der Waals surface area contributed by atoms with Crippen LogP contribution < -0.4 is 4.90 Å². The highest BCUT2D eigenvalue weighted by atomic mass is 16.1. The third-order valence-electron chi connectivity index (χ3n) is 8.64. The predicted octanol–water partition coefficient (Wildman–Crippen LogP) is 7.74. The molecule has 5 aromatic rings. The molecule has 1 aliphatic carbocycles. The van der Waals surface area contributed by atoms with Gasteiger partial charge in [-0.1, -0.05) is 140 Å². The number of carbonyl (C=O) groups is 2. The van der Waals surface area contributed by atoms with Crippen molar-refractivity contribution in [1.82, 2.24) is 0 Å². The van der Waals surface area contributed by atoms with Gasteiger partial charge in [-0.3, -0.25) is 9.59 Å². The van der Waals surface area contributed by atoms with Crippen molar-refractivity contribution >= 4 is 23.0 Å². The van der Waals surface area contributed by atoms with Gasteiger partial charge in [-0.25, -0.2) is 0 Å². The molecule has 5 aromatic carbocycles. The third-order valence-corrected chi connectivity index (χ3v) is 8.64. The summed E-state index contributed by atoms with van der Waals surface area (Å²) in [5.74, 6) is -0.303. The fraction of sp³-hybridized carbons (Fsp3) is 0.105. The van der Waals surface area contributed by atoms with E-state index in [1.807, 2.05) is 127 Å². The van der Waals surface area contributed by atoms with Crippen LogP contribution in [0.3, 0.4) is 0 Å². The molecule has 1 heterocycles. The Balaban J connectivity index is 1.60. The number of fused-ring (bicyclic) bond motifs is 1. The van der Waals surface area contributed by atoms with Crippen LogP contribution in [0, 0.1) is 5.92 Å². The molecule has 2 aliphatic rings. The number of rotatable bonds is 6. The number of benzene rings is 5. The summed E-state index contributed by atoms with van der Waals surface area (Å²) in [7, 11) is 0. The second kappa shape index (κ2) is 10.2. The van der Waals surface area contributed by atoms with Crippen LogP contribution in [-0.4, -0.2) is 17.6 Å². The number of Topliss-reactive ketones (excluding diaryl/α,β-unsaturated/α-hetero) is 2. The van der Waals surface area contributed by atoms with Crippen LogP contribution in [0.5, 0.6) is 0 Å². The molecule has 41 heavy (non-hydrogen) atoms. The van der Waals surface area contributed by atoms with Crippen molar-refractivity contribution in [3.05, 3.63) is 179 Å². The monoisotopic (exact) mass is 531 g/mol. The Kier molecular flexibility index (Phi) is 6.20. The third kappa shape index (κ3) is 3.88. The zero-order chi connectivity index (χ0) is 27.8. The Hall–Kier alpha value is -5.02. The Morgan fingerprint density at radius 1 is 0.610 bits per heavy atom. The van der Waals surface area contributed by atoms with Gasteiger partial charge in [0.1, 0.15) is 0 Å². The van der Waals surface area contributed by atoms with Crippen LogP contribution in [0.15, 0.2) is 157 Å². The average molecular weight is 532 g/mol. The van der Waals surface area contributed by atoms with Crippen LogP contribution >= 0.6 is 0 Å². The Morgan fingerprint density at radius 3 is 1.61 bits per heavy atom. The first-order chi connectivity index (χ1) is 20.2. The van der Waals surface area contributed by atoms with E-state index in [9.17, 15) is 9.59 Å². The lowest BCUT2D eigenvalue weighted by atomic mass is 9.63. The number of anilines is 1. The van der Waals surface area contributed by atoms with Gasteiger partial charge in [0, 0.05) is 35.2 Å². The first-order valence-electron chi connectivity index (χ1n) is 14.1. The molecule has 0 N–H and O–H groups in total. The molecular weight excluding hydrogens is 502 g/mol. The van der Waals surface area contributed by atoms with Crippen molar-refractivity contribution in [2.24, 2.45) is 5.92 Å². The highest BCUT2D eigenvalue weighted by molar-refractivity contribution is 6.18. The quantitative estimate of drug-likeness (QED) is 0.210. The van der Waals surface area contributed by atoms with E-state index < -0.39 is 11.3 Å². The highest BCUT2D eigenvalue weighted by Gasteiger charge is 2.64. The van der Waals surface area contributed by atoms with E-state index in [1.165, 1.54) is 0 Å². The van der Waals surface area contributed by atoms with Crippen molar-refractivity contribution in [2.45, 2.75) is 17.9 Å². The number of hydrogen-bond acceptors (Lipinski definition) is 3. The van der Waals surface area contributed by atoms with Crippen molar-refractivity contribution in [2.75, 3.05) is 4.90 Å². The summed E-state index contributed by atoms with van der Waals surface area (Å²) in [6.07, 6.45) is 0.325. The second-order valence-corrected chi connectivity index (χ2v) is 10.7. The first kappa shape index (κ1) is 25.0. The number of para-hydroxylation sites is 1. The number of nitrogens with zero attached hydrogens (tertiary/aromatic N) is 1. The molecule has 0 aromatic heterocycles. The van der Waals surface area contributed by atoms with E-state index in [2.05, 4.69) is 29.2 Å². The van der Waals surface area contributed by atoms with Crippen molar-refractivity contribution in [3.8, 4) is 0 Å². The second-order valence-electron chi connectivity index (χ2n) is 10.7. The standard InChI is InChI=1S/C38H29NO2/c40-33-26-32-35(38(33,29-20-10-3-11-21-29)30-22-12-4-13-23-30)34(37(41)28-18-8-2-9-19-28)36(27-16-6-1-7-17-27)39(32)31-24-14-5-15-25-31/h1-25,32,35H,26H2. The first-order valence-corrected chi connectivity index (χ1v) is 14.1. The molecule has 3 nitrogen and oxygen atoms in total. The Bertz CT molecular complexity index is 1690. The van der Waals surface area contributed by atoms with Gasteiger partial charge in [0.15, 0.2) is 11.6 Å². The van der Waals surface area contributed by atoms with Crippen LogP contribution in [0.4, 0.5) is 5.69 Å². The SMILES string of the molecule is O=C(C1=C(c2ccccc2)N(c2ccccc2)C2CC(=O)C(c3ccccc3)(c3ccccc3)C12)c1ccccc1. The van der Waals surface area contributed by atoms with Gasteiger partial charge >= 0.3 is 0 Å². The average Bonchev–Trinajstić information content (AvgIpc) is 3.53. The summed E-state index contributed by atoms with van der Waals surface area (Å²) in [6, 6.07) is 49.7. The Labute approximate surface area is 240 Å². The molecule has 0 bridgehead atoms.